The molecule has 29 heavy (non-hydrogen) atoms. The molecule has 0 fully saturated rings. The van der Waals surface area contributed by atoms with Crippen LogP contribution < -0.4 is 21.1 Å². The van der Waals surface area contributed by atoms with Crippen LogP contribution in [0.2, 0.25) is 0 Å². The normalized spacial score (nSPS) is 11.1. The molecule has 152 valence electrons. The van der Waals surface area contributed by atoms with Crippen LogP contribution in [0.15, 0.2) is 42.5 Å². The van der Waals surface area contributed by atoms with Gasteiger partial charge in [-0.1, -0.05) is 0 Å². The number of nitrogens with two attached hydrogens (primary N) is 1. The molecule has 2 aromatic rings. The number of benzene rings is 2. The first-order valence-corrected chi connectivity index (χ1v) is 8.22. The minimum Gasteiger partial charge on any atom is -0.495 e. The van der Waals surface area contributed by atoms with Gasteiger partial charge in [0.25, 0.3) is 11.6 Å². The standard InChI is InChI=1S/C18H18N4O7/c1-10(29-17(24)11-3-5-12(6-4-11)20-18(19)25)16(23)21-14-9-13(22(26)27)7-8-15(14)28-2/h3-10H,1-2H3,(H,21,23)(H3,19,20,25). The van der Waals surface area contributed by atoms with Crippen molar-refractivity contribution in [2.75, 3.05) is 17.7 Å². The average molecular weight is 402 g/mol. The third-order valence-corrected chi connectivity index (χ3v) is 3.69. The van der Waals surface area contributed by atoms with E-state index in [0.29, 0.717) is 5.69 Å². The second-order valence-electron chi connectivity index (χ2n) is 5.75. The number of hydrogen-bond donors (Lipinski definition) is 3. The van der Waals surface area contributed by atoms with Crippen LogP contribution >= 0.6 is 0 Å². The SMILES string of the molecule is COc1ccc([N+](=O)[O-])cc1NC(=O)C(C)OC(=O)c1ccc(NC(N)=O)cc1. The Kier molecular flexibility index (Phi) is 6.69. The van der Waals surface area contributed by atoms with E-state index in [9.17, 15) is 24.5 Å². The highest BCUT2D eigenvalue weighted by molar-refractivity contribution is 5.98. The summed E-state index contributed by atoms with van der Waals surface area (Å²) >= 11 is 0. The second kappa shape index (κ2) is 9.17. The Labute approximate surface area is 164 Å². The van der Waals surface area contributed by atoms with Crippen molar-refractivity contribution in [3.05, 3.63) is 58.1 Å². The summed E-state index contributed by atoms with van der Waals surface area (Å²) in [5, 5.41) is 15.7. The van der Waals surface area contributed by atoms with Gasteiger partial charge >= 0.3 is 12.0 Å². The molecule has 0 bridgehead atoms. The minimum absolute atomic E-state index is 0.0662. The highest BCUT2D eigenvalue weighted by Gasteiger charge is 2.21. The van der Waals surface area contributed by atoms with Crippen molar-refractivity contribution < 1.29 is 28.8 Å². The van der Waals surface area contributed by atoms with Gasteiger partial charge in [0.15, 0.2) is 6.10 Å². The van der Waals surface area contributed by atoms with Crippen LogP contribution in [-0.2, 0) is 9.53 Å². The number of hydrogen-bond acceptors (Lipinski definition) is 7. The number of esters is 1. The first-order valence-electron chi connectivity index (χ1n) is 8.22. The third kappa shape index (κ3) is 5.66. The fourth-order valence-corrected chi connectivity index (χ4v) is 2.26. The van der Waals surface area contributed by atoms with Crippen molar-refractivity contribution in [1.82, 2.24) is 0 Å². The molecule has 1 unspecified atom stereocenters. The zero-order valence-electron chi connectivity index (χ0n) is 15.5. The van der Waals surface area contributed by atoms with Gasteiger partial charge in [0.05, 0.1) is 23.3 Å². The number of amides is 3. The van der Waals surface area contributed by atoms with E-state index in [2.05, 4.69) is 10.6 Å². The zero-order valence-corrected chi connectivity index (χ0v) is 15.5. The highest BCUT2D eigenvalue weighted by atomic mass is 16.6. The van der Waals surface area contributed by atoms with Crippen molar-refractivity contribution in [2.24, 2.45) is 5.73 Å². The topological polar surface area (TPSA) is 163 Å². The Morgan fingerprint density at radius 1 is 1.10 bits per heavy atom. The number of nitrogens with zero attached hydrogens (tertiary/aromatic N) is 1. The summed E-state index contributed by atoms with van der Waals surface area (Å²) in [6.45, 7) is 1.35. The molecular weight excluding hydrogens is 384 g/mol. The van der Waals surface area contributed by atoms with Gasteiger partial charge in [0.1, 0.15) is 5.75 Å². The maximum atomic E-state index is 12.3. The summed E-state index contributed by atoms with van der Waals surface area (Å²) in [7, 11) is 1.34. The monoisotopic (exact) mass is 402 g/mol. The maximum absolute atomic E-state index is 12.3. The predicted molar refractivity (Wildman–Crippen MR) is 103 cm³/mol. The number of nitro groups is 1. The summed E-state index contributed by atoms with van der Waals surface area (Å²) in [6, 6.07) is 8.63. The molecule has 0 aliphatic heterocycles. The lowest BCUT2D eigenvalue weighted by Crippen LogP contribution is -2.30. The number of non-ortho nitro benzene ring substituents is 1. The van der Waals surface area contributed by atoms with Gasteiger partial charge in [0.2, 0.25) is 0 Å². The quantitative estimate of drug-likeness (QED) is 0.363. The number of nitrogens with one attached hydrogen (secondary N) is 2. The predicted octanol–water partition coefficient (Wildman–Crippen LogP) is 2.28. The number of methoxy groups -OCH3 is 1. The van der Waals surface area contributed by atoms with Crippen molar-refractivity contribution >= 4 is 35.0 Å². The first-order chi connectivity index (χ1) is 13.7. The third-order valence-electron chi connectivity index (χ3n) is 3.69. The highest BCUT2D eigenvalue weighted by Crippen LogP contribution is 2.29. The summed E-state index contributed by atoms with van der Waals surface area (Å²) in [5.41, 5.74) is 5.36. The zero-order chi connectivity index (χ0) is 21.6. The molecule has 2 rings (SSSR count). The van der Waals surface area contributed by atoms with Crippen LogP contribution in [0.25, 0.3) is 0 Å². The molecule has 0 spiro atoms. The van der Waals surface area contributed by atoms with Gasteiger partial charge in [-0.15, -0.1) is 0 Å². The molecule has 0 aliphatic carbocycles. The summed E-state index contributed by atoms with van der Waals surface area (Å²) in [4.78, 5) is 45.6. The Hall–Kier alpha value is -4.15. The molecule has 0 saturated heterocycles. The smallest absolute Gasteiger partial charge is 0.338 e. The second-order valence-corrected chi connectivity index (χ2v) is 5.75. The van der Waals surface area contributed by atoms with Gasteiger partial charge in [-0.2, -0.15) is 0 Å². The van der Waals surface area contributed by atoms with Crippen LogP contribution in [0.4, 0.5) is 21.9 Å². The summed E-state index contributed by atoms with van der Waals surface area (Å²) < 4.78 is 10.2. The van der Waals surface area contributed by atoms with Crippen molar-refractivity contribution in [3.8, 4) is 5.75 Å². The molecule has 11 nitrogen and oxygen atoms in total. The Bertz CT molecular complexity index is 944. The fraction of sp³-hybridized carbons (Fsp3) is 0.167. The number of anilines is 2. The first kappa shape index (κ1) is 21.2. The molecule has 0 aliphatic rings. The number of urea groups is 1. The summed E-state index contributed by atoms with van der Waals surface area (Å²) in [5.74, 6) is -1.27. The van der Waals surface area contributed by atoms with Gasteiger partial charge in [-0.25, -0.2) is 9.59 Å². The number of nitro benzene ring substituents is 1. The molecule has 1 atom stereocenters. The Morgan fingerprint density at radius 3 is 2.31 bits per heavy atom. The van der Waals surface area contributed by atoms with Crippen LogP contribution in [0, 0.1) is 10.1 Å². The fourth-order valence-electron chi connectivity index (χ4n) is 2.26. The van der Waals surface area contributed by atoms with Crippen LogP contribution in [0.5, 0.6) is 5.75 Å². The van der Waals surface area contributed by atoms with Gasteiger partial charge in [-0.3, -0.25) is 14.9 Å². The van der Waals surface area contributed by atoms with E-state index in [4.69, 9.17) is 15.2 Å². The van der Waals surface area contributed by atoms with Crippen LogP contribution in [-0.4, -0.2) is 36.0 Å². The molecule has 0 heterocycles. The van der Waals surface area contributed by atoms with Crippen molar-refractivity contribution in [2.45, 2.75) is 13.0 Å². The molecule has 0 radical (unpaired) electrons. The van der Waals surface area contributed by atoms with Crippen molar-refractivity contribution in [3.63, 3.8) is 0 Å². The molecule has 3 amide bonds. The largest absolute Gasteiger partial charge is 0.495 e. The molecule has 11 heteroatoms. The Morgan fingerprint density at radius 2 is 1.76 bits per heavy atom. The van der Waals surface area contributed by atoms with Crippen LogP contribution in [0.3, 0.4) is 0 Å². The van der Waals surface area contributed by atoms with E-state index < -0.39 is 28.9 Å². The van der Waals surface area contributed by atoms with Gasteiger partial charge in [0, 0.05) is 17.8 Å². The molecule has 4 N–H and O–H groups in total. The lowest BCUT2D eigenvalue weighted by Gasteiger charge is -2.15. The minimum atomic E-state index is -1.20. The lowest BCUT2D eigenvalue weighted by atomic mass is 10.2. The number of carbonyl (C=O) groups is 3. The molecule has 0 saturated carbocycles. The lowest BCUT2D eigenvalue weighted by molar-refractivity contribution is -0.384. The van der Waals surface area contributed by atoms with Crippen LogP contribution in [0.1, 0.15) is 17.3 Å². The molecule has 2 aromatic carbocycles. The number of rotatable bonds is 7. The molecule has 0 aromatic heterocycles. The summed E-state index contributed by atoms with van der Waals surface area (Å²) in [6.07, 6.45) is -1.20. The average Bonchev–Trinajstić information content (AvgIpc) is 2.67. The van der Waals surface area contributed by atoms with Gasteiger partial charge in [-0.05, 0) is 37.3 Å². The Balaban J connectivity index is 2.05. The van der Waals surface area contributed by atoms with E-state index in [1.807, 2.05) is 0 Å². The van der Waals surface area contributed by atoms with E-state index in [0.717, 1.165) is 6.07 Å². The van der Waals surface area contributed by atoms with E-state index in [-0.39, 0.29) is 22.7 Å². The van der Waals surface area contributed by atoms with E-state index in [1.165, 1.54) is 50.4 Å². The number of ether oxygens (including phenoxy) is 2. The van der Waals surface area contributed by atoms with Crippen molar-refractivity contribution in [1.29, 1.82) is 0 Å². The maximum Gasteiger partial charge on any atom is 0.338 e. The number of primary amides is 1. The van der Waals surface area contributed by atoms with Gasteiger partial charge < -0.3 is 25.8 Å². The van der Waals surface area contributed by atoms with E-state index in [1.54, 1.807) is 0 Å². The number of carbonyl (C=O) groups excluding carboxylic acids is 3. The van der Waals surface area contributed by atoms with E-state index >= 15 is 0 Å². The molecular formula is C18H18N4O7.